The van der Waals surface area contributed by atoms with Crippen molar-refractivity contribution >= 4 is 17.3 Å². The zero-order chi connectivity index (χ0) is 21.8. The molecule has 0 radical (unpaired) electrons. The van der Waals surface area contributed by atoms with Crippen LogP contribution in [-0.2, 0) is 29.0 Å². The molecule has 0 atom stereocenters. The van der Waals surface area contributed by atoms with Crippen LogP contribution in [0, 0.1) is 0 Å². The second-order valence-electron chi connectivity index (χ2n) is 7.09. The number of tetrazole rings is 1. The maximum absolute atomic E-state index is 13.1. The highest BCUT2D eigenvalue weighted by Gasteiger charge is 2.22. The largest absolute Gasteiger partial charge is 0.395 e. The number of aromatic nitrogens is 4. The van der Waals surface area contributed by atoms with Crippen LogP contribution in [0.25, 0.3) is 0 Å². The van der Waals surface area contributed by atoms with E-state index in [2.05, 4.69) is 46.7 Å². The summed E-state index contributed by atoms with van der Waals surface area (Å²) in [5.74, 6) is -0.233. The SMILES string of the molecule is CCCCCCCn1nnc(/C(=N/OCC)C(=O)Nc2c(CC)cccc2CC)n1. The summed E-state index contributed by atoms with van der Waals surface area (Å²) in [5, 5.41) is 19.5. The van der Waals surface area contributed by atoms with E-state index in [0.717, 1.165) is 42.5 Å². The molecule has 1 amide bonds. The highest BCUT2D eigenvalue weighted by molar-refractivity contribution is 6.47. The molecule has 8 nitrogen and oxygen atoms in total. The minimum absolute atomic E-state index is 0.0297. The van der Waals surface area contributed by atoms with Crippen molar-refractivity contribution < 1.29 is 9.63 Å². The van der Waals surface area contributed by atoms with Crippen LogP contribution in [0.3, 0.4) is 0 Å². The predicted octanol–water partition coefficient (Wildman–Crippen LogP) is 4.15. The van der Waals surface area contributed by atoms with Gasteiger partial charge in [0.05, 0.1) is 6.54 Å². The van der Waals surface area contributed by atoms with Crippen molar-refractivity contribution in [2.75, 3.05) is 11.9 Å². The molecule has 0 aliphatic carbocycles. The number of amides is 1. The Labute approximate surface area is 179 Å². The Morgan fingerprint density at radius 1 is 1.07 bits per heavy atom. The molecule has 30 heavy (non-hydrogen) atoms. The van der Waals surface area contributed by atoms with Gasteiger partial charge in [0.15, 0.2) is 0 Å². The second kappa shape index (κ2) is 12.7. The van der Waals surface area contributed by atoms with E-state index in [4.69, 9.17) is 4.84 Å². The number of rotatable bonds is 13. The number of carbonyl (C=O) groups is 1. The number of nitrogens with zero attached hydrogens (tertiary/aromatic N) is 5. The molecule has 0 spiro atoms. The van der Waals surface area contributed by atoms with Gasteiger partial charge in [-0.3, -0.25) is 4.79 Å². The molecule has 0 aliphatic heterocycles. The van der Waals surface area contributed by atoms with Crippen molar-refractivity contribution in [3.05, 3.63) is 35.2 Å². The number of aryl methyl sites for hydroxylation is 3. The topological polar surface area (TPSA) is 94.3 Å². The Bertz CT molecular complexity index is 809. The van der Waals surface area contributed by atoms with E-state index in [1.807, 2.05) is 18.2 Å². The Balaban J connectivity index is 2.16. The molecule has 0 saturated carbocycles. The van der Waals surface area contributed by atoms with Gasteiger partial charge in [0, 0.05) is 5.69 Å². The first-order valence-electron chi connectivity index (χ1n) is 11.0. The van der Waals surface area contributed by atoms with Gasteiger partial charge in [-0.2, -0.15) is 4.80 Å². The molecule has 1 heterocycles. The van der Waals surface area contributed by atoms with E-state index in [1.165, 1.54) is 24.1 Å². The summed E-state index contributed by atoms with van der Waals surface area (Å²) in [6.07, 6.45) is 7.37. The van der Waals surface area contributed by atoms with Gasteiger partial charge in [0.2, 0.25) is 11.5 Å². The van der Waals surface area contributed by atoms with Gasteiger partial charge in [-0.15, -0.1) is 10.2 Å². The van der Waals surface area contributed by atoms with Crippen LogP contribution >= 0.6 is 0 Å². The van der Waals surface area contributed by atoms with Crippen LogP contribution in [0.4, 0.5) is 5.69 Å². The number of carbonyl (C=O) groups excluding carboxylic acids is 1. The molecule has 1 aromatic carbocycles. The van der Waals surface area contributed by atoms with E-state index < -0.39 is 5.91 Å². The lowest BCUT2D eigenvalue weighted by Gasteiger charge is -2.14. The zero-order valence-electron chi connectivity index (χ0n) is 18.6. The molecule has 0 aliphatic rings. The number of oxime groups is 1. The van der Waals surface area contributed by atoms with Crippen molar-refractivity contribution in [3.8, 4) is 0 Å². The summed E-state index contributed by atoms with van der Waals surface area (Å²) in [7, 11) is 0. The summed E-state index contributed by atoms with van der Waals surface area (Å²) in [4.78, 5) is 19.7. The molecule has 0 fully saturated rings. The molecule has 8 heteroatoms. The Kier molecular flexibility index (Phi) is 9.97. The molecular formula is C22H34N6O2. The number of unbranched alkanes of at least 4 members (excludes halogenated alkanes) is 4. The third-order valence-electron chi connectivity index (χ3n) is 4.86. The molecule has 1 N–H and O–H groups in total. The summed E-state index contributed by atoms with van der Waals surface area (Å²) in [6, 6.07) is 6.04. The maximum atomic E-state index is 13.1. The number of nitrogens with one attached hydrogen (secondary N) is 1. The van der Waals surface area contributed by atoms with E-state index in [0.29, 0.717) is 13.2 Å². The minimum atomic E-state index is -0.401. The molecule has 2 aromatic rings. The number of anilines is 1. The predicted molar refractivity (Wildman–Crippen MR) is 119 cm³/mol. The first-order valence-corrected chi connectivity index (χ1v) is 11.0. The van der Waals surface area contributed by atoms with Gasteiger partial charge < -0.3 is 10.2 Å². The fourth-order valence-corrected chi connectivity index (χ4v) is 3.18. The lowest BCUT2D eigenvalue weighted by atomic mass is 10.0. The third kappa shape index (κ3) is 6.64. The number of hydrogen-bond donors (Lipinski definition) is 1. The van der Waals surface area contributed by atoms with Gasteiger partial charge >= 0.3 is 0 Å². The van der Waals surface area contributed by atoms with Gasteiger partial charge in [-0.1, -0.05) is 69.8 Å². The lowest BCUT2D eigenvalue weighted by molar-refractivity contribution is -0.110. The normalized spacial score (nSPS) is 11.5. The summed E-state index contributed by atoms with van der Waals surface area (Å²) in [6.45, 7) is 9.13. The minimum Gasteiger partial charge on any atom is -0.395 e. The van der Waals surface area contributed by atoms with E-state index in [1.54, 1.807) is 6.92 Å². The van der Waals surface area contributed by atoms with E-state index in [-0.39, 0.29) is 11.5 Å². The molecule has 1 aromatic heterocycles. The fourth-order valence-electron chi connectivity index (χ4n) is 3.18. The first-order chi connectivity index (χ1) is 14.6. The van der Waals surface area contributed by atoms with Gasteiger partial charge in [0.1, 0.15) is 6.61 Å². The van der Waals surface area contributed by atoms with Gasteiger partial charge in [-0.25, -0.2) is 0 Å². The molecule has 0 unspecified atom stereocenters. The maximum Gasteiger partial charge on any atom is 0.281 e. The number of benzene rings is 1. The average Bonchev–Trinajstić information content (AvgIpc) is 3.22. The summed E-state index contributed by atoms with van der Waals surface area (Å²) >= 11 is 0. The lowest BCUT2D eigenvalue weighted by Crippen LogP contribution is -2.27. The highest BCUT2D eigenvalue weighted by Crippen LogP contribution is 2.22. The standard InChI is InChI=1S/C22H34N6O2/c1-5-9-10-11-12-16-28-25-21(24-27-28)20(26-30-8-4)22(29)23-19-17(6-2)14-13-15-18(19)7-3/h13-15H,5-12,16H2,1-4H3,(H,23,29)/b26-20-. The quantitative estimate of drug-likeness (QED) is 0.302. The number of hydrogen-bond acceptors (Lipinski definition) is 6. The third-order valence-corrected chi connectivity index (χ3v) is 4.86. The highest BCUT2D eigenvalue weighted by atomic mass is 16.6. The van der Waals surface area contributed by atoms with Crippen LogP contribution in [0.5, 0.6) is 0 Å². The van der Waals surface area contributed by atoms with Crippen LogP contribution in [0.15, 0.2) is 23.4 Å². The van der Waals surface area contributed by atoms with E-state index in [9.17, 15) is 4.79 Å². The monoisotopic (exact) mass is 414 g/mol. The average molecular weight is 415 g/mol. The second-order valence-corrected chi connectivity index (χ2v) is 7.09. The first kappa shape index (κ1) is 23.5. The number of para-hydroxylation sites is 1. The van der Waals surface area contributed by atoms with Gasteiger partial charge in [0.25, 0.3) is 5.91 Å². The Morgan fingerprint density at radius 2 is 1.77 bits per heavy atom. The van der Waals surface area contributed by atoms with Crippen molar-refractivity contribution in [2.45, 2.75) is 79.2 Å². The molecule has 2 rings (SSSR count). The molecule has 0 saturated heterocycles. The smallest absolute Gasteiger partial charge is 0.281 e. The van der Waals surface area contributed by atoms with Crippen LogP contribution < -0.4 is 5.32 Å². The van der Waals surface area contributed by atoms with Crippen molar-refractivity contribution in [1.82, 2.24) is 20.2 Å². The fraction of sp³-hybridized carbons (Fsp3) is 0.591. The summed E-state index contributed by atoms with van der Waals surface area (Å²) < 4.78 is 0. The van der Waals surface area contributed by atoms with Crippen LogP contribution in [0.2, 0.25) is 0 Å². The zero-order valence-corrected chi connectivity index (χ0v) is 18.6. The Hall–Kier alpha value is -2.77. The van der Waals surface area contributed by atoms with Gasteiger partial charge in [-0.05, 0) is 42.5 Å². The van der Waals surface area contributed by atoms with Crippen molar-refractivity contribution in [1.29, 1.82) is 0 Å². The van der Waals surface area contributed by atoms with Crippen molar-refractivity contribution in [3.63, 3.8) is 0 Å². The molecular weight excluding hydrogens is 380 g/mol. The van der Waals surface area contributed by atoms with Crippen LogP contribution in [-0.4, -0.2) is 38.4 Å². The summed E-state index contributed by atoms with van der Waals surface area (Å²) in [5.41, 5.74) is 2.99. The van der Waals surface area contributed by atoms with Crippen LogP contribution in [0.1, 0.15) is 76.8 Å². The molecule has 0 bridgehead atoms. The van der Waals surface area contributed by atoms with E-state index >= 15 is 0 Å². The van der Waals surface area contributed by atoms with Crippen molar-refractivity contribution in [2.24, 2.45) is 5.16 Å². The molecule has 164 valence electrons. The Morgan fingerprint density at radius 3 is 2.40 bits per heavy atom.